The summed E-state index contributed by atoms with van der Waals surface area (Å²) < 4.78 is 0. The highest BCUT2D eigenvalue weighted by molar-refractivity contribution is 6.33. The highest BCUT2D eigenvalue weighted by Gasteiger charge is 2.52. The molecule has 0 unspecified atom stereocenters. The van der Waals surface area contributed by atoms with Gasteiger partial charge in [-0.15, -0.1) is 0 Å². The molecule has 106 valence electrons. The molecule has 0 aromatic heterocycles. The van der Waals surface area contributed by atoms with Crippen LogP contribution in [0.15, 0.2) is 12.1 Å². The van der Waals surface area contributed by atoms with E-state index in [1.807, 2.05) is 13.0 Å². The Bertz CT molecular complexity index is 619. The van der Waals surface area contributed by atoms with Gasteiger partial charge in [-0.3, -0.25) is 4.79 Å². The minimum absolute atomic E-state index is 0.138. The second kappa shape index (κ2) is 4.76. The van der Waals surface area contributed by atoms with E-state index in [1.54, 1.807) is 37.8 Å². The maximum Gasteiger partial charge on any atom is 0.235 e. The van der Waals surface area contributed by atoms with E-state index in [0.29, 0.717) is 21.8 Å². The number of hydrogen-bond donors (Lipinski definition) is 1. The summed E-state index contributed by atoms with van der Waals surface area (Å²) >= 11 is 6.16. The summed E-state index contributed by atoms with van der Waals surface area (Å²) in [5.41, 5.74) is 0.880. The minimum Gasteiger partial charge on any atom is -0.390 e. The van der Waals surface area contributed by atoms with Gasteiger partial charge < -0.3 is 10.0 Å². The average Bonchev–Trinajstić information content (AvgIpc) is 2.55. The molecule has 2 rings (SSSR count). The van der Waals surface area contributed by atoms with Gasteiger partial charge in [-0.05, 0) is 45.4 Å². The number of nitriles is 1. The quantitative estimate of drug-likeness (QED) is 0.865. The van der Waals surface area contributed by atoms with Crippen LogP contribution in [0.3, 0.4) is 0 Å². The molecule has 0 radical (unpaired) electrons. The van der Waals surface area contributed by atoms with Crippen molar-refractivity contribution in [2.24, 2.45) is 5.41 Å². The number of aliphatic hydroxyl groups is 1. The molecule has 4 nitrogen and oxygen atoms in total. The number of anilines is 1. The molecule has 0 spiro atoms. The van der Waals surface area contributed by atoms with Crippen molar-refractivity contribution in [1.82, 2.24) is 0 Å². The Balaban J connectivity index is 2.56. The first-order valence-corrected chi connectivity index (χ1v) is 6.82. The average molecular weight is 293 g/mol. The van der Waals surface area contributed by atoms with E-state index in [-0.39, 0.29) is 11.9 Å². The third kappa shape index (κ3) is 1.90. The zero-order valence-corrected chi connectivity index (χ0v) is 12.7. The van der Waals surface area contributed by atoms with Gasteiger partial charge in [0.15, 0.2) is 0 Å². The van der Waals surface area contributed by atoms with Crippen LogP contribution in [0.4, 0.5) is 5.69 Å². The van der Waals surface area contributed by atoms with Gasteiger partial charge in [-0.25, -0.2) is 0 Å². The first-order chi connectivity index (χ1) is 9.23. The van der Waals surface area contributed by atoms with Crippen LogP contribution in [-0.2, 0) is 4.79 Å². The van der Waals surface area contributed by atoms with E-state index in [4.69, 9.17) is 16.9 Å². The second-order valence-electron chi connectivity index (χ2n) is 5.77. The van der Waals surface area contributed by atoms with Crippen LogP contribution in [0.2, 0.25) is 5.02 Å². The van der Waals surface area contributed by atoms with E-state index in [9.17, 15) is 9.90 Å². The molecule has 1 saturated heterocycles. The first kappa shape index (κ1) is 14.8. The van der Waals surface area contributed by atoms with Crippen LogP contribution in [0, 0.1) is 23.7 Å². The summed E-state index contributed by atoms with van der Waals surface area (Å²) in [5, 5.41) is 19.6. The molecule has 1 fully saturated rings. The molecule has 1 aromatic rings. The van der Waals surface area contributed by atoms with E-state index >= 15 is 0 Å². The molecule has 0 saturated carbocycles. The molecule has 1 amide bonds. The van der Waals surface area contributed by atoms with Crippen LogP contribution in [0.25, 0.3) is 0 Å². The Morgan fingerprint density at radius 3 is 2.50 bits per heavy atom. The van der Waals surface area contributed by atoms with Gasteiger partial charge in [0, 0.05) is 5.69 Å². The first-order valence-electron chi connectivity index (χ1n) is 6.44. The highest BCUT2D eigenvalue weighted by atomic mass is 35.5. The number of carbonyl (C=O) groups excluding carboxylic acids is 1. The fourth-order valence-corrected chi connectivity index (χ4v) is 2.92. The summed E-state index contributed by atoms with van der Waals surface area (Å²) in [6.45, 7) is 7.05. The monoisotopic (exact) mass is 292 g/mol. The molecule has 1 heterocycles. The van der Waals surface area contributed by atoms with Crippen molar-refractivity contribution in [2.45, 2.75) is 39.8 Å². The lowest BCUT2D eigenvalue weighted by molar-refractivity contribution is -0.126. The van der Waals surface area contributed by atoms with Gasteiger partial charge in [0.25, 0.3) is 0 Å². The Hall–Kier alpha value is -1.57. The molecule has 5 heteroatoms. The van der Waals surface area contributed by atoms with Crippen LogP contribution in [-0.4, -0.2) is 23.2 Å². The number of hydrogen-bond acceptors (Lipinski definition) is 3. The Morgan fingerprint density at radius 2 is 2.05 bits per heavy atom. The Kier molecular flexibility index (Phi) is 3.53. The normalized spacial score (nSPS) is 24.9. The molecule has 0 aliphatic carbocycles. The lowest BCUT2D eigenvalue weighted by atomic mass is 9.87. The largest absolute Gasteiger partial charge is 0.390 e. The molecule has 1 aromatic carbocycles. The molecule has 1 aliphatic rings. The maximum absolute atomic E-state index is 12.5. The van der Waals surface area contributed by atoms with Crippen LogP contribution < -0.4 is 4.90 Å². The molecule has 20 heavy (non-hydrogen) atoms. The zero-order valence-electron chi connectivity index (χ0n) is 11.9. The fraction of sp³-hybridized carbons (Fsp3) is 0.467. The third-order valence-electron chi connectivity index (χ3n) is 4.11. The van der Waals surface area contributed by atoms with Crippen molar-refractivity contribution in [1.29, 1.82) is 5.26 Å². The molecular formula is C15H17ClN2O2. The van der Waals surface area contributed by atoms with Gasteiger partial charge in [0.2, 0.25) is 5.91 Å². The van der Waals surface area contributed by atoms with E-state index in [1.165, 1.54) is 0 Å². The summed E-state index contributed by atoms with van der Waals surface area (Å²) in [4.78, 5) is 14.1. The summed E-state index contributed by atoms with van der Waals surface area (Å²) in [5.74, 6) is -0.138. The van der Waals surface area contributed by atoms with Crippen molar-refractivity contribution >= 4 is 23.2 Å². The lowest BCUT2D eigenvalue weighted by Crippen LogP contribution is -2.35. The maximum atomic E-state index is 12.5. The topological polar surface area (TPSA) is 64.3 Å². The van der Waals surface area contributed by atoms with Gasteiger partial charge in [0.1, 0.15) is 6.07 Å². The molecule has 0 bridgehead atoms. The van der Waals surface area contributed by atoms with Crippen molar-refractivity contribution in [3.05, 3.63) is 28.3 Å². The van der Waals surface area contributed by atoms with E-state index < -0.39 is 11.5 Å². The van der Waals surface area contributed by atoms with Gasteiger partial charge in [0.05, 0.1) is 28.1 Å². The zero-order chi connectivity index (χ0) is 15.2. The number of carbonyl (C=O) groups is 1. The summed E-state index contributed by atoms with van der Waals surface area (Å²) in [6.07, 6.45) is -0.746. The molecule has 1 aliphatic heterocycles. The van der Waals surface area contributed by atoms with Crippen LogP contribution in [0.1, 0.15) is 31.9 Å². The lowest BCUT2D eigenvalue weighted by Gasteiger charge is -2.25. The molecule has 2 atom stereocenters. The molecular weight excluding hydrogens is 276 g/mol. The highest BCUT2D eigenvalue weighted by Crippen LogP contribution is 2.41. The number of halogens is 1. The van der Waals surface area contributed by atoms with Crippen molar-refractivity contribution in [3.63, 3.8) is 0 Å². The predicted octanol–water partition coefficient (Wildman–Crippen LogP) is 2.64. The van der Waals surface area contributed by atoms with E-state index in [2.05, 4.69) is 0 Å². The second-order valence-corrected chi connectivity index (χ2v) is 6.14. The minimum atomic E-state index is -0.827. The smallest absolute Gasteiger partial charge is 0.235 e. The molecule has 1 N–H and O–H groups in total. The Labute approximate surface area is 123 Å². The summed E-state index contributed by atoms with van der Waals surface area (Å²) in [7, 11) is 0. The fourth-order valence-electron chi connectivity index (χ4n) is 2.72. The number of aliphatic hydroxyl groups excluding tert-OH is 1. The van der Waals surface area contributed by atoms with E-state index in [0.717, 1.165) is 0 Å². The van der Waals surface area contributed by atoms with Gasteiger partial charge in [-0.2, -0.15) is 5.26 Å². The Morgan fingerprint density at radius 1 is 1.45 bits per heavy atom. The number of nitrogens with zero attached hydrogens (tertiary/aromatic N) is 2. The third-order valence-corrected chi connectivity index (χ3v) is 4.60. The van der Waals surface area contributed by atoms with Crippen molar-refractivity contribution in [2.75, 3.05) is 4.90 Å². The van der Waals surface area contributed by atoms with Gasteiger partial charge in [-0.1, -0.05) is 11.6 Å². The number of rotatable bonds is 1. The standard InChI is InChI=1S/C15H17ClN2O2/c1-8-11(6-5-10(7-17)12(8)16)18-9(2)13(19)15(3,4)14(18)20/h5-6,9,13,19H,1-4H3/t9-,13+/m0/s1. The number of benzene rings is 1. The van der Waals surface area contributed by atoms with Crippen LogP contribution >= 0.6 is 11.6 Å². The summed E-state index contributed by atoms with van der Waals surface area (Å²) in [6, 6.07) is 4.99. The van der Waals surface area contributed by atoms with Crippen molar-refractivity contribution < 1.29 is 9.90 Å². The van der Waals surface area contributed by atoms with Gasteiger partial charge >= 0.3 is 0 Å². The van der Waals surface area contributed by atoms with Crippen LogP contribution in [0.5, 0.6) is 0 Å². The van der Waals surface area contributed by atoms with Crippen molar-refractivity contribution in [3.8, 4) is 6.07 Å². The number of amides is 1. The predicted molar refractivity (Wildman–Crippen MR) is 77.6 cm³/mol. The SMILES string of the molecule is Cc1c(N2C(=O)C(C)(C)[C@H](O)[C@@H]2C)ccc(C#N)c1Cl.